The quantitative estimate of drug-likeness (QED) is 0.538. The largest absolute Gasteiger partial charge is 0.345 e. The standard InChI is InChI=1S/C20H22N6O2S/c1-12-7-13(2)9-16(8-12)29(27,28)25-15-4-3-14(10-15)20-24-23-18-11-22-19-17(26(18)20)5-6-21-19/h5-9,11,14-15,21,25H,3-4,10H2,1-2H3/t14-,15+/m1/s1. The lowest BCUT2D eigenvalue weighted by Gasteiger charge is -2.14. The number of aryl methyl sites for hydroxylation is 2. The third kappa shape index (κ3) is 3.20. The van der Waals surface area contributed by atoms with Crippen LogP contribution in [0.25, 0.3) is 16.8 Å². The van der Waals surface area contributed by atoms with Crippen LogP contribution < -0.4 is 4.72 Å². The lowest BCUT2D eigenvalue weighted by Crippen LogP contribution is -2.33. The highest BCUT2D eigenvalue weighted by molar-refractivity contribution is 7.89. The van der Waals surface area contributed by atoms with Crippen molar-refractivity contribution >= 4 is 26.8 Å². The Balaban J connectivity index is 1.41. The van der Waals surface area contributed by atoms with Gasteiger partial charge in [-0.15, -0.1) is 10.2 Å². The van der Waals surface area contributed by atoms with E-state index in [-0.39, 0.29) is 12.0 Å². The van der Waals surface area contributed by atoms with Gasteiger partial charge >= 0.3 is 0 Å². The van der Waals surface area contributed by atoms with Crippen LogP contribution in [0.5, 0.6) is 0 Å². The van der Waals surface area contributed by atoms with Crippen LogP contribution in [-0.4, -0.2) is 39.0 Å². The van der Waals surface area contributed by atoms with Crippen molar-refractivity contribution in [2.45, 2.75) is 50.0 Å². The molecule has 3 aromatic heterocycles. The minimum absolute atomic E-state index is 0.123. The first-order valence-electron chi connectivity index (χ1n) is 9.68. The number of hydrogen-bond donors (Lipinski definition) is 2. The van der Waals surface area contributed by atoms with Gasteiger partial charge in [-0.05, 0) is 62.4 Å². The van der Waals surface area contributed by atoms with Gasteiger partial charge in [0.15, 0.2) is 11.3 Å². The van der Waals surface area contributed by atoms with E-state index in [1.807, 2.05) is 36.6 Å². The molecule has 1 aliphatic carbocycles. The van der Waals surface area contributed by atoms with Crippen LogP contribution in [0.2, 0.25) is 0 Å². The summed E-state index contributed by atoms with van der Waals surface area (Å²) in [6.45, 7) is 3.81. The molecule has 0 aliphatic heterocycles. The molecule has 0 saturated heterocycles. The van der Waals surface area contributed by atoms with Crippen LogP contribution in [-0.2, 0) is 10.0 Å². The number of aromatic nitrogens is 5. The number of nitrogens with zero attached hydrogens (tertiary/aromatic N) is 4. The molecule has 0 spiro atoms. The number of sulfonamides is 1. The summed E-state index contributed by atoms with van der Waals surface area (Å²) in [5, 5.41) is 8.66. The first kappa shape index (κ1) is 18.3. The van der Waals surface area contributed by atoms with E-state index in [2.05, 4.69) is 24.9 Å². The van der Waals surface area contributed by atoms with E-state index in [0.717, 1.165) is 41.0 Å². The molecule has 2 atom stereocenters. The van der Waals surface area contributed by atoms with Crippen molar-refractivity contribution in [1.29, 1.82) is 0 Å². The van der Waals surface area contributed by atoms with Crippen LogP contribution >= 0.6 is 0 Å². The number of benzene rings is 1. The monoisotopic (exact) mass is 410 g/mol. The molecule has 29 heavy (non-hydrogen) atoms. The second-order valence-corrected chi connectivity index (χ2v) is 9.59. The zero-order valence-electron chi connectivity index (χ0n) is 16.3. The van der Waals surface area contributed by atoms with E-state index < -0.39 is 10.0 Å². The van der Waals surface area contributed by atoms with Gasteiger partial charge in [-0.25, -0.2) is 18.1 Å². The molecule has 8 nitrogen and oxygen atoms in total. The van der Waals surface area contributed by atoms with E-state index in [9.17, 15) is 8.42 Å². The third-order valence-electron chi connectivity index (χ3n) is 5.59. The molecule has 0 bridgehead atoms. The summed E-state index contributed by atoms with van der Waals surface area (Å²) >= 11 is 0. The molecule has 1 saturated carbocycles. The topological polar surface area (TPSA) is 105 Å². The number of hydrogen-bond acceptors (Lipinski definition) is 5. The fourth-order valence-corrected chi connectivity index (χ4v) is 5.83. The van der Waals surface area contributed by atoms with Gasteiger partial charge in [0.2, 0.25) is 10.0 Å². The molecule has 0 amide bonds. The number of aromatic amines is 1. The first-order chi connectivity index (χ1) is 13.9. The maximum absolute atomic E-state index is 12.9. The fourth-order valence-electron chi connectivity index (χ4n) is 4.36. The van der Waals surface area contributed by atoms with Gasteiger partial charge in [-0.1, -0.05) is 6.07 Å². The Bertz CT molecular complexity index is 1300. The molecule has 5 rings (SSSR count). The molecule has 2 N–H and O–H groups in total. The van der Waals surface area contributed by atoms with Crippen LogP contribution in [0.3, 0.4) is 0 Å². The minimum Gasteiger partial charge on any atom is -0.345 e. The molecule has 1 aliphatic rings. The van der Waals surface area contributed by atoms with Crippen molar-refractivity contribution in [3.63, 3.8) is 0 Å². The summed E-state index contributed by atoms with van der Waals surface area (Å²) in [7, 11) is -3.56. The average molecular weight is 411 g/mol. The summed E-state index contributed by atoms with van der Waals surface area (Å²) in [4.78, 5) is 7.78. The number of nitrogens with one attached hydrogen (secondary N) is 2. The van der Waals surface area contributed by atoms with Crippen LogP contribution in [0, 0.1) is 13.8 Å². The summed E-state index contributed by atoms with van der Waals surface area (Å²) in [6.07, 6.45) is 5.86. The lowest BCUT2D eigenvalue weighted by molar-refractivity contribution is 0.546. The number of fused-ring (bicyclic) bond motifs is 3. The minimum atomic E-state index is -3.56. The van der Waals surface area contributed by atoms with Crippen molar-refractivity contribution < 1.29 is 8.42 Å². The van der Waals surface area contributed by atoms with Gasteiger partial charge in [0.1, 0.15) is 5.82 Å². The highest BCUT2D eigenvalue weighted by Gasteiger charge is 2.32. The van der Waals surface area contributed by atoms with Crippen molar-refractivity contribution in [2.75, 3.05) is 0 Å². The van der Waals surface area contributed by atoms with Crippen LogP contribution in [0.1, 0.15) is 42.1 Å². The predicted molar refractivity (Wildman–Crippen MR) is 109 cm³/mol. The highest BCUT2D eigenvalue weighted by Crippen LogP contribution is 2.35. The van der Waals surface area contributed by atoms with Gasteiger partial charge in [0.25, 0.3) is 0 Å². The Morgan fingerprint density at radius 2 is 1.93 bits per heavy atom. The Morgan fingerprint density at radius 1 is 1.14 bits per heavy atom. The normalized spacial score (nSPS) is 20.1. The van der Waals surface area contributed by atoms with Gasteiger partial charge in [-0.3, -0.25) is 4.40 Å². The van der Waals surface area contributed by atoms with E-state index in [0.29, 0.717) is 17.0 Å². The Morgan fingerprint density at radius 3 is 2.72 bits per heavy atom. The van der Waals surface area contributed by atoms with Crippen LogP contribution in [0.15, 0.2) is 41.6 Å². The van der Waals surface area contributed by atoms with Gasteiger partial charge in [-0.2, -0.15) is 0 Å². The third-order valence-corrected chi connectivity index (χ3v) is 7.09. The second-order valence-electron chi connectivity index (χ2n) is 7.87. The molecule has 9 heteroatoms. The maximum atomic E-state index is 12.9. The molecule has 3 heterocycles. The zero-order valence-corrected chi connectivity index (χ0v) is 17.1. The van der Waals surface area contributed by atoms with E-state index in [1.165, 1.54) is 0 Å². The first-order valence-corrected chi connectivity index (χ1v) is 11.2. The predicted octanol–water partition coefficient (Wildman–Crippen LogP) is 2.84. The fraction of sp³-hybridized carbons (Fsp3) is 0.350. The number of rotatable bonds is 4. The molecule has 1 fully saturated rings. The zero-order chi connectivity index (χ0) is 20.2. The molecular formula is C20H22N6O2S. The van der Waals surface area contributed by atoms with Crippen molar-refractivity contribution in [1.82, 2.24) is 29.3 Å². The number of H-pyrrole nitrogens is 1. The summed E-state index contributed by atoms with van der Waals surface area (Å²) in [5.41, 5.74) is 4.29. The SMILES string of the molecule is Cc1cc(C)cc(S(=O)(=O)N[C@H]2CC[C@@H](c3nnc4cnc5[nH]ccc5n34)C2)c1. The Kier molecular flexibility index (Phi) is 4.18. The van der Waals surface area contributed by atoms with E-state index in [1.54, 1.807) is 18.3 Å². The average Bonchev–Trinajstić information content (AvgIpc) is 3.38. The molecule has 0 unspecified atom stereocenters. The van der Waals surface area contributed by atoms with Gasteiger partial charge in [0, 0.05) is 18.2 Å². The van der Waals surface area contributed by atoms with Crippen LogP contribution in [0.4, 0.5) is 0 Å². The van der Waals surface area contributed by atoms with E-state index in [4.69, 9.17) is 0 Å². The smallest absolute Gasteiger partial charge is 0.240 e. The molecule has 150 valence electrons. The molecule has 1 aromatic carbocycles. The van der Waals surface area contributed by atoms with Gasteiger partial charge in [0.05, 0.1) is 16.6 Å². The van der Waals surface area contributed by atoms with Gasteiger partial charge < -0.3 is 4.98 Å². The van der Waals surface area contributed by atoms with Crippen molar-refractivity contribution in [2.24, 2.45) is 0 Å². The lowest BCUT2D eigenvalue weighted by atomic mass is 10.1. The summed E-state index contributed by atoms with van der Waals surface area (Å²) in [5.74, 6) is 0.998. The van der Waals surface area contributed by atoms with E-state index >= 15 is 0 Å². The Hall–Kier alpha value is -2.78. The Labute approximate surface area is 168 Å². The van der Waals surface area contributed by atoms with Crippen molar-refractivity contribution in [3.05, 3.63) is 53.6 Å². The highest BCUT2D eigenvalue weighted by atomic mass is 32.2. The molecule has 0 radical (unpaired) electrons. The van der Waals surface area contributed by atoms with Crippen molar-refractivity contribution in [3.8, 4) is 0 Å². The second kappa shape index (κ2) is 6.64. The summed E-state index contributed by atoms with van der Waals surface area (Å²) < 4.78 is 30.7. The molecular weight excluding hydrogens is 388 g/mol. The summed E-state index contributed by atoms with van der Waals surface area (Å²) in [6, 6.07) is 7.23. The maximum Gasteiger partial charge on any atom is 0.240 e. The molecule has 4 aromatic rings.